The van der Waals surface area contributed by atoms with Gasteiger partial charge >= 0.3 is 0 Å². The Labute approximate surface area is 130 Å². The average molecular weight is 307 g/mol. The van der Waals surface area contributed by atoms with Crippen molar-refractivity contribution in [3.05, 3.63) is 11.4 Å². The van der Waals surface area contributed by atoms with Crippen molar-refractivity contribution in [1.82, 2.24) is 14.9 Å². The number of nitrogens with two attached hydrogens (primary N) is 1. The fraction of sp³-hybridized carbons (Fsp3) is 0.600. The molecule has 2 aromatic rings. The molecule has 6 heteroatoms. The zero-order valence-electron chi connectivity index (χ0n) is 13.1. The van der Waals surface area contributed by atoms with Gasteiger partial charge in [0.15, 0.2) is 0 Å². The third-order valence-electron chi connectivity index (χ3n) is 3.73. The van der Waals surface area contributed by atoms with Crippen LogP contribution in [0.3, 0.4) is 0 Å². The van der Waals surface area contributed by atoms with E-state index in [0.717, 1.165) is 42.1 Å². The van der Waals surface area contributed by atoms with Gasteiger partial charge in [0, 0.05) is 6.04 Å². The molecule has 0 bridgehead atoms. The Morgan fingerprint density at radius 2 is 2.10 bits per heavy atom. The Morgan fingerprint density at radius 3 is 2.81 bits per heavy atom. The fourth-order valence-electron chi connectivity index (χ4n) is 2.45. The molecule has 2 rings (SSSR count). The van der Waals surface area contributed by atoms with E-state index in [1.165, 1.54) is 6.42 Å². The van der Waals surface area contributed by atoms with Gasteiger partial charge in [0.2, 0.25) is 5.95 Å². The van der Waals surface area contributed by atoms with Gasteiger partial charge in [-0.05, 0) is 50.8 Å². The van der Waals surface area contributed by atoms with Crippen LogP contribution in [0, 0.1) is 0 Å². The lowest BCUT2D eigenvalue weighted by atomic mass is 10.1. The number of hydrogen-bond acceptors (Lipinski definition) is 6. The van der Waals surface area contributed by atoms with Crippen LogP contribution in [0.2, 0.25) is 0 Å². The topological polar surface area (TPSA) is 67.1 Å². The summed E-state index contributed by atoms with van der Waals surface area (Å²) in [6.45, 7) is 10.0. The van der Waals surface area contributed by atoms with E-state index in [1.807, 2.05) is 11.4 Å². The van der Waals surface area contributed by atoms with Crippen molar-refractivity contribution in [2.45, 2.75) is 39.7 Å². The van der Waals surface area contributed by atoms with Crippen LogP contribution in [0.1, 0.15) is 33.6 Å². The predicted octanol–water partition coefficient (Wildman–Crippen LogP) is 3.20. The lowest BCUT2D eigenvalue weighted by Crippen LogP contribution is -2.25. The zero-order valence-corrected chi connectivity index (χ0v) is 13.9. The maximum Gasteiger partial charge on any atom is 0.223 e. The highest BCUT2D eigenvalue weighted by molar-refractivity contribution is 7.16. The smallest absolute Gasteiger partial charge is 0.223 e. The van der Waals surface area contributed by atoms with E-state index in [4.69, 9.17) is 5.73 Å². The van der Waals surface area contributed by atoms with Gasteiger partial charge in [0.1, 0.15) is 10.6 Å². The largest absolute Gasteiger partial charge is 0.368 e. The van der Waals surface area contributed by atoms with Crippen molar-refractivity contribution in [2.75, 3.05) is 30.7 Å². The van der Waals surface area contributed by atoms with Gasteiger partial charge in [-0.3, -0.25) is 0 Å². The van der Waals surface area contributed by atoms with E-state index in [-0.39, 0.29) is 0 Å². The first-order valence-corrected chi connectivity index (χ1v) is 8.51. The number of fused-ring (bicyclic) bond motifs is 1. The van der Waals surface area contributed by atoms with Gasteiger partial charge in [0.25, 0.3) is 0 Å². The molecule has 3 N–H and O–H groups in total. The van der Waals surface area contributed by atoms with Crippen molar-refractivity contribution in [2.24, 2.45) is 0 Å². The zero-order chi connectivity index (χ0) is 15.2. The molecule has 0 spiro atoms. The normalized spacial score (nSPS) is 13.0. The third kappa shape index (κ3) is 4.28. The molecular weight excluding hydrogens is 282 g/mol. The highest BCUT2D eigenvalue weighted by atomic mass is 32.1. The lowest BCUT2D eigenvalue weighted by molar-refractivity contribution is 0.295. The van der Waals surface area contributed by atoms with Crippen molar-refractivity contribution >= 4 is 33.3 Å². The second-order valence-corrected chi connectivity index (χ2v) is 6.18. The molecule has 0 amide bonds. The van der Waals surface area contributed by atoms with Gasteiger partial charge in [0.05, 0.1) is 5.39 Å². The average Bonchev–Trinajstić information content (AvgIpc) is 2.92. The fourth-order valence-corrected chi connectivity index (χ4v) is 3.22. The number of anilines is 2. The maximum absolute atomic E-state index is 5.77. The first-order chi connectivity index (χ1) is 10.1. The van der Waals surface area contributed by atoms with Crippen LogP contribution in [0.4, 0.5) is 11.8 Å². The number of aromatic nitrogens is 2. The summed E-state index contributed by atoms with van der Waals surface area (Å²) in [6.07, 6.45) is 2.30. The summed E-state index contributed by atoms with van der Waals surface area (Å²) in [4.78, 5) is 12.0. The summed E-state index contributed by atoms with van der Waals surface area (Å²) >= 11 is 1.59. The SMILES string of the molecule is CCN(CC)CCCC(C)Nc1nc(N)nc2sccc12. The van der Waals surface area contributed by atoms with Crippen LogP contribution in [0.15, 0.2) is 11.4 Å². The molecule has 1 unspecified atom stereocenters. The summed E-state index contributed by atoms with van der Waals surface area (Å²) in [5.41, 5.74) is 5.77. The van der Waals surface area contributed by atoms with Gasteiger partial charge in [-0.15, -0.1) is 11.3 Å². The highest BCUT2D eigenvalue weighted by Crippen LogP contribution is 2.26. The lowest BCUT2D eigenvalue weighted by Gasteiger charge is -2.20. The minimum Gasteiger partial charge on any atom is -0.368 e. The molecule has 0 fully saturated rings. The van der Waals surface area contributed by atoms with Crippen molar-refractivity contribution in [1.29, 1.82) is 0 Å². The number of thiophene rings is 1. The number of rotatable bonds is 8. The molecule has 2 aromatic heterocycles. The van der Waals surface area contributed by atoms with E-state index in [2.05, 4.69) is 41.0 Å². The number of hydrogen-bond donors (Lipinski definition) is 2. The molecule has 0 saturated carbocycles. The van der Waals surface area contributed by atoms with E-state index >= 15 is 0 Å². The summed E-state index contributed by atoms with van der Waals surface area (Å²) in [6, 6.07) is 2.42. The van der Waals surface area contributed by atoms with Crippen LogP contribution in [-0.4, -0.2) is 40.5 Å². The van der Waals surface area contributed by atoms with Crippen LogP contribution in [0.5, 0.6) is 0 Å². The first-order valence-electron chi connectivity index (χ1n) is 7.63. The van der Waals surface area contributed by atoms with Gasteiger partial charge in [-0.2, -0.15) is 4.98 Å². The van der Waals surface area contributed by atoms with E-state index < -0.39 is 0 Å². The molecule has 0 aromatic carbocycles. The molecule has 0 aliphatic heterocycles. The Kier molecular flexibility index (Phi) is 5.76. The van der Waals surface area contributed by atoms with Crippen LogP contribution >= 0.6 is 11.3 Å². The molecule has 0 aliphatic rings. The Balaban J connectivity index is 1.92. The molecule has 21 heavy (non-hydrogen) atoms. The second-order valence-electron chi connectivity index (χ2n) is 5.28. The molecule has 2 heterocycles. The minimum atomic E-state index is 0.336. The second kappa shape index (κ2) is 7.56. The highest BCUT2D eigenvalue weighted by Gasteiger charge is 2.10. The summed E-state index contributed by atoms with van der Waals surface area (Å²) in [7, 11) is 0. The van der Waals surface area contributed by atoms with E-state index in [9.17, 15) is 0 Å². The van der Waals surface area contributed by atoms with Gasteiger partial charge < -0.3 is 16.0 Å². The standard InChI is InChI=1S/C15H25N5S/c1-4-20(5-2)9-6-7-11(3)17-13-12-8-10-21-14(12)19-15(16)18-13/h8,10-11H,4-7,9H2,1-3H3,(H3,16,17,18,19). The Morgan fingerprint density at radius 1 is 1.33 bits per heavy atom. The van der Waals surface area contributed by atoms with Crippen molar-refractivity contribution in [3.63, 3.8) is 0 Å². The molecular formula is C15H25N5S. The third-order valence-corrected chi connectivity index (χ3v) is 4.54. The molecule has 1 atom stereocenters. The van der Waals surface area contributed by atoms with Crippen LogP contribution in [0.25, 0.3) is 10.2 Å². The Bertz CT molecular complexity index is 564. The van der Waals surface area contributed by atoms with Gasteiger partial charge in [-0.1, -0.05) is 13.8 Å². The number of nitrogen functional groups attached to an aromatic ring is 1. The summed E-state index contributed by atoms with van der Waals surface area (Å²) in [5, 5.41) is 6.56. The molecule has 0 saturated heterocycles. The molecule has 0 radical (unpaired) electrons. The van der Waals surface area contributed by atoms with Crippen LogP contribution < -0.4 is 11.1 Å². The first kappa shape index (κ1) is 16.0. The minimum absolute atomic E-state index is 0.336. The molecule has 116 valence electrons. The summed E-state index contributed by atoms with van der Waals surface area (Å²) in [5.74, 6) is 1.19. The predicted molar refractivity (Wildman–Crippen MR) is 91.9 cm³/mol. The quantitative estimate of drug-likeness (QED) is 0.784. The maximum atomic E-state index is 5.77. The van der Waals surface area contributed by atoms with E-state index in [0.29, 0.717) is 12.0 Å². The molecule has 0 aliphatic carbocycles. The molecule has 5 nitrogen and oxygen atoms in total. The van der Waals surface area contributed by atoms with Crippen molar-refractivity contribution < 1.29 is 0 Å². The summed E-state index contributed by atoms with van der Waals surface area (Å²) < 4.78 is 0. The Hall–Kier alpha value is -1.40. The number of nitrogens with one attached hydrogen (secondary N) is 1. The van der Waals surface area contributed by atoms with E-state index in [1.54, 1.807) is 11.3 Å². The number of nitrogens with zero attached hydrogens (tertiary/aromatic N) is 3. The van der Waals surface area contributed by atoms with Gasteiger partial charge in [-0.25, -0.2) is 4.98 Å². The van der Waals surface area contributed by atoms with Crippen LogP contribution in [-0.2, 0) is 0 Å². The monoisotopic (exact) mass is 307 g/mol. The van der Waals surface area contributed by atoms with Crippen molar-refractivity contribution in [3.8, 4) is 0 Å².